The Balaban J connectivity index is 2.07. The highest BCUT2D eigenvalue weighted by Gasteiger charge is 2.54. The second-order valence-corrected chi connectivity index (χ2v) is 6.41. The quantitative estimate of drug-likeness (QED) is 0.671. The number of alkyl halides is 8. The van der Waals surface area contributed by atoms with Crippen LogP contribution in [0.2, 0.25) is 0 Å². The standard InChI is InChI=1S/C14H14F8N2/c1-5-10-9(4-13(5,18)19)24(23-12(10)14(20,21)22)6-2-7(15)11(17)8(16)3-6/h5-8,11H,2-4H2,1H3. The van der Waals surface area contributed by atoms with Crippen LogP contribution in [0, 0.1) is 0 Å². The lowest BCUT2D eigenvalue weighted by Crippen LogP contribution is -2.38. The van der Waals surface area contributed by atoms with Crippen molar-refractivity contribution in [2.45, 2.75) is 68.8 Å². The van der Waals surface area contributed by atoms with Gasteiger partial charge in [0, 0.05) is 30.0 Å². The summed E-state index contributed by atoms with van der Waals surface area (Å²) in [6.07, 6.45) is -14.0. The van der Waals surface area contributed by atoms with E-state index in [1.807, 2.05) is 0 Å². The lowest BCUT2D eigenvalue weighted by Gasteiger charge is -2.31. The molecule has 1 fully saturated rings. The maximum Gasteiger partial charge on any atom is 0.435 e. The third-order valence-corrected chi connectivity index (χ3v) is 4.82. The zero-order valence-corrected chi connectivity index (χ0v) is 12.4. The van der Waals surface area contributed by atoms with Crippen molar-refractivity contribution in [2.24, 2.45) is 0 Å². The van der Waals surface area contributed by atoms with Crippen molar-refractivity contribution in [3.05, 3.63) is 17.0 Å². The first-order chi connectivity index (χ1) is 10.9. The molecule has 1 saturated carbocycles. The summed E-state index contributed by atoms with van der Waals surface area (Å²) in [7, 11) is 0. The van der Waals surface area contributed by atoms with Gasteiger partial charge < -0.3 is 0 Å². The summed E-state index contributed by atoms with van der Waals surface area (Å²) in [5.74, 6) is -5.12. The molecule has 0 radical (unpaired) electrons. The van der Waals surface area contributed by atoms with Gasteiger partial charge >= 0.3 is 6.18 Å². The van der Waals surface area contributed by atoms with Crippen LogP contribution in [0.4, 0.5) is 35.1 Å². The summed E-state index contributed by atoms with van der Waals surface area (Å²) < 4.78 is 108. The maximum atomic E-state index is 13.9. The Morgan fingerprint density at radius 1 is 1.08 bits per heavy atom. The Labute approximate surface area is 131 Å². The maximum absolute atomic E-state index is 13.9. The third-order valence-electron chi connectivity index (χ3n) is 4.82. The molecule has 0 amide bonds. The second kappa shape index (κ2) is 5.32. The SMILES string of the molecule is CC1c2c(C(F)(F)F)nn(C3CC(F)C(F)C(F)C3)c2CC1(F)F. The molecule has 1 heterocycles. The third kappa shape index (κ3) is 2.57. The summed E-state index contributed by atoms with van der Waals surface area (Å²) in [6.45, 7) is 0.960. The fourth-order valence-electron chi connectivity index (χ4n) is 3.51. The smallest absolute Gasteiger partial charge is 0.265 e. The predicted octanol–water partition coefficient (Wildman–Crippen LogP) is 4.55. The molecular weight excluding hydrogens is 348 g/mol. The van der Waals surface area contributed by atoms with Gasteiger partial charge in [-0.2, -0.15) is 18.3 Å². The highest BCUT2D eigenvalue weighted by Crippen LogP contribution is 2.50. The topological polar surface area (TPSA) is 17.8 Å². The average Bonchev–Trinajstić information content (AvgIpc) is 2.91. The molecule has 1 aromatic rings. The molecule has 2 nitrogen and oxygen atoms in total. The summed E-state index contributed by atoms with van der Waals surface area (Å²) in [4.78, 5) is 0. The van der Waals surface area contributed by atoms with Crippen LogP contribution in [-0.2, 0) is 12.6 Å². The molecule has 0 aliphatic heterocycles. The molecule has 1 aromatic heterocycles. The van der Waals surface area contributed by atoms with Crippen LogP contribution < -0.4 is 0 Å². The van der Waals surface area contributed by atoms with Crippen LogP contribution in [0.1, 0.15) is 48.7 Å². The predicted molar refractivity (Wildman–Crippen MR) is 67.3 cm³/mol. The van der Waals surface area contributed by atoms with Crippen LogP contribution >= 0.6 is 0 Å². The van der Waals surface area contributed by atoms with Gasteiger partial charge in [-0.1, -0.05) is 6.92 Å². The molecule has 136 valence electrons. The largest absolute Gasteiger partial charge is 0.435 e. The molecule has 10 heteroatoms. The van der Waals surface area contributed by atoms with Crippen LogP contribution in [-0.4, -0.2) is 34.2 Å². The molecule has 0 aromatic carbocycles. The molecular formula is C14H14F8N2. The molecule has 3 atom stereocenters. The summed E-state index contributed by atoms with van der Waals surface area (Å²) in [6, 6.07) is -1.23. The first kappa shape index (κ1) is 17.5. The summed E-state index contributed by atoms with van der Waals surface area (Å²) in [5.41, 5.74) is -2.47. The number of fused-ring (bicyclic) bond motifs is 1. The monoisotopic (exact) mass is 362 g/mol. The van der Waals surface area contributed by atoms with E-state index in [4.69, 9.17) is 0 Å². The fourth-order valence-corrected chi connectivity index (χ4v) is 3.51. The summed E-state index contributed by atoms with van der Waals surface area (Å²) in [5, 5.41) is 3.34. The summed E-state index contributed by atoms with van der Waals surface area (Å²) >= 11 is 0. The molecule has 24 heavy (non-hydrogen) atoms. The van der Waals surface area contributed by atoms with Crippen molar-refractivity contribution < 1.29 is 35.1 Å². The van der Waals surface area contributed by atoms with Crippen molar-refractivity contribution >= 4 is 0 Å². The average molecular weight is 362 g/mol. The van der Waals surface area contributed by atoms with Crippen molar-refractivity contribution in [1.29, 1.82) is 0 Å². The molecule has 0 bridgehead atoms. The van der Waals surface area contributed by atoms with Crippen LogP contribution in [0.3, 0.4) is 0 Å². The van der Waals surface area contributed by atoms with Crippen molar-refractivity contribution in [3.63, 3.8) is 0 Å². The van der Waals surface area contributed by atoms with E-state index in [9.17, 15) is 35.1 Å². The van der Waals surface area contributed by atoms with Gasteiger partial charge in [0.2, 0.25) is 0 Å². The number of aromatic nitrogens is 2. The lowest BCUT2D eigenvalue weighted by molar-refractivity contribution is -0.143. The van der Waals surface area contributed by atoms with Gasteiger partial charge in [-0.25, -0.2) is 22.0 Å². The van der Waals surface area contributed by atoms with E-state index in [0.29, 0.717) is 4.68 Å². The van der Waals surface area contributed by atoms with Gasteiger partial charge in [0.05, 0.1) is 12.5 Å². The van der Waals surface area contributed by atoms with Gasteiger partial charge in [-0.05, 0) is 0 Å². The minimum atomic E-state index is -4.97. The van der Waals surface area contributed by atoms with E-state index in [1.54, 1.807) is 0 Å². The zero-order chi connectivity index (χ0) is 18.0. The Bertz CT molecular complexity index is 625. The number of hydrogen-bond acceptors (Lipinski definition) is 1. The number of rotatable bonds is 1. The highest BCUT2D eigenvalue weighted by molar-refractivity contribution is 5.39. The zero-order valence-electron chi connectivity index (χ0n) is 12.4. The number of halogens is 8. The van der Waals surface area contributed by atoms with Gasteiger partial charge in [-0.3, -0.25) is 4.68 Å². The molecule has 2 aliphatic carbocycles. The van der Waals surface area contributed by atoms with Gasteiger partial charge in [0.15, 0.2) is 11.9 Å². The first-order valence-electron chi connectivity index (χ1n) is 7.42. The fraction of sp³-hybridized carbons (Fsp3) is 0.786. The Morgan fingerprint density at radius 3 is 2.12 bits per heavy atom. The minimum absolute atomic E-state index is 0.374. The van der Waals surface area contributed by atoms with Gasteiger partial charge in [0.1, 0.15) is 12.3 Å². The van der Waals surface area contributed by atoms with Crippen molar-refractivity contribution in [3.8, 4) is 0 Å². The molecule has 2 aliphatic rings. The molecule has 0 saturated heterocycles. The first-order valence-corrected chi connectivity index (χ1v) is 7.42. The van der Waals surface area contributed by atoms with Crippen LogP contribution in [0.15, 0.2) is 0 Å². The normalized spacial score (nSPS) is 36.0. The van der Waals surface area contributed by atoms with E-state index in [2.05, 4.69) is 5.10 Å². The minimum Gasteiger partial charge on any atom is -0.265 e. The van der Waals surface area contributed by atoms with E-state index < -0.39 is 73.1 Å². The van der Waals surface area contributed by atoms with Gasteiger partial charge in [0.25, 0.3) is 5.92 Å². The Hall–Kier alpha value is -1.35. The molecule has 0 N–H and O–H groups in total. The van der Waals surface area contributed by atoms with Crippen molar-refractivity contribution in [1.82, 2.24) is 9.78 Å². The van der Waals surface area contributed by atoms with E-state index in [0.717, 1.165) is 6.92 Å². The molecule has 0 spiro atoms. The van der Waals surface area contributed by atoms with Crippen molar-refractivity contribution in [2.75, 3.05) is 0 Å². The molecule has 3 unspecified atom stereocenters. The Kier molecular flexibility index (Phi) is 3.87. The highest BCUT2D eigenvalue weighted by atomic mass is 19.4. The van der Waals surface area contributed by atoms with E-state index in [1.165, 1.54) is 0 Å². The van der Waals surface area contributed by atoms with Gasteiger partial charge in [-0.15, -0.1) is 0 Å². The van der Waals surface area contributed by atoms with E-state index in [-0.39, 0.29) is 5.69 Å². The number of nitrogens with zero attached hydrogens (tertiary/aromatic N) is 2. The van der Waals surface area contributed by atoms with Crippen LogP contribution in [0.25, 0.3) is 0 Å². The second-order valence-electron chi connectivity index (χ2n) is 6.41. The molecule has 3 rings (SSSR count). The number of hydrogen-bond donors (Lipinski definition) is 0. The lowest BCUT2D eigenvalue weighted by atomic mass is 9.90. The Morgan fingerprint density at radius 2 is 1.62 bits per heavy atom. The van der Waals surface area contributed by atoms with E-state index >= 15 is 0 Å². The van der Waals surface area contributed by atoms with Crippen LogP contribution in [0.5, 0.6) is 0 Å².